The first-order chi connectivity index (χ1) is 12.0. The molecule has 2 rings (SSSR count). The molecule has 142 valence electrons. The van der Waals surface area contributed by atoms with Crippen molar-refractivity contribution in [1.82, 2.24) is 15.5 Å². The summed E-state index contributed by atoms with van der Waals surface area (Å²) >= 11 is 1.70. The highest BCUT2D eigenvalue weighted by atomic mass is 32.2. The molecule has 2 atom stereocenters. The van der Waals surface area contributed by atoms with E-state index in [0.29, 0.717) is 18.9 Å². The molecule has 1 aliphatic heterocycles. The van der Waals surface area contributed by atoms with E-state index >= 15 is 0 Å². The zero-order valence-corrected chi connectivity index (χ0v) is 17.0. The zero-order chi connectivity index (χ0) is 18.3. The van der Waals surface area contributed by atoms with E-state index in [9.17, 15) is 8.42 Å². The van der Waals surface area contributed by atoms with Crippen LogP contribution in [0.5, 0.6) is 0 Å². The lowest BCUT2D eigenvalue weighted by Crippen LogP contribution is -2.44. The molecule has 25 heavy (non-hydrogen) atoms. The maximum absolute atomic E-state index is 11.7. The number of thiophene rings is 1. The Hall–Kier alpha value is -1.12. The molecule has 0 aromatic carbocycles. The summed E-state index contributed by atoms with van der Waals surface area (Å²) in [4.78, 5) is 7.16. The number of guanidine groups is 1. The fourth-order valence-corrected chi connectivity index (χ4v) is 5.54. The molecule has 1 aliphatic rings. The number of hydrogen-bond acceptors (Lipinski definition) is 5. The van der Waals surface area contributed by atoms with E-state index in [0.717, 1.165) is 19.6 Å². The SMILES string of the molecule is CCNC(=NCC(c1ccsc1)N(CC)CC)NC1CCS(=O)(=O)C1. The van der Waals surface area contributed by atoms with Crippen molar-refractivity contribution in [1.29, 1.82) is 0 Å². The van der Waals surface area contributed by atoms with Crippen molar-refractivity contribution in [2.24, 2.45) is 4.99 Å². The molecule has 0 bridgehead atoms. The number of rotatable bonds is 8. The quantitative estimate of drug-likeness (QED) is 0.527. The van der Waals surface area contributed by atoms with Gasteiger partial charge in [0.2, 0.25) is 0 Å². The normalized spacial score (nSPS) is 21.4. The minimum absolute atomic E-state index is 0.0455. The molecule has 0 spiro atoms. The van der Waals surface area contributed by atoms with Crippen LogP contribution in [0.25, 0.3) is 0 Å². The molecule has 1 fully saturated rings. The van der Waals surface area contributed by atoms with Gasteiger partial charge in [-0.25, -0.2) is 8.42 Å². The number of hydrogen-bond donors (Lipinski definition) is 2. The van der Waals surface area contributed by atoms with Gasteiger partial charge in [0, 0.05) is 12.6 Å². The van der Waals surface area contributed by atoms with Crippen LogP contribution in [-0.2, 0) is 9.84 Å². The summed E-state index contributed by atoms with van der Waals surface area (Å²) < 4.78 is 23.3. The van der Waals surface area contributed by atoms with Crippen molar-refractivity contribution in [3.8, 4) is 0 Å². The van der Waals surface area contributed by atoms with Gasteiger partial charge < -0.3 is 10.6 Å². The Morgan fingerprint density at radius 3 is 2.68 bits per heavy atom. The topological polar surface area (TPSA) is 73.8 Å². The van der Waals surface area contributed by atoms with E-state index < -0.39 is 9.84 Å². The van der Waals surface area contributed by atoms with Gasteiger partial charge in [-0.15, -0.1) is 0 Å². The van der Waals surface area contributed by atoms with Crippen molar-refractivity contribution < 1.29 is 8.42 Å². The first-order valence-corrected chi connectivity index (χ1v) is 11.8. The smallest absolute Gasteiger partial charge is 0.191 e. The number of likely N-dealkylation sites (N-methyl/N-ethyl adjacent to an activating group) is 1. The molecule has 2 heterocycles. The molecule has 1 saturated heterocycles. The molecule has 1 aromatic rings. The minimum atomic E-state index is -2.90. The summed E-state index contributed by atoms with van der Waals surface area (Å²) in [6.07, 6.45) is 0.650. The monoisotopic (exact) mass is 386 g/mol. The molecular formula is C17H30N4O2S2. The summed E-state index contributed by atoms with van der Waals surface area (Å²) in [5.74, 6) is 1.17. The Labute approximate surface area is 155 Å². The Kier molecular flexibility index (Phi) is 7.71. The molecular weight excluding hydrogens is 356 g/mol. The fraction of sp³-hybridized carbons (Fsp3) is 0.706. The molecule has 0 radical (unpaired) electrons. The molecule has 1 aromatic heterocycles. The van der Waals surface area contributed by atoms with Gasteiger partial charge in [0.1, 0.15) is 0 Å². The molecule has 6 nitrogen and oxygen atoms in total. The average molecular weight is 387 g/mol. The Morgan fingerprint density at radius 2 is 2.16 bits per heavy atom. The van der Waals surface area contributed by atoms with Gasteiger partial charge in [-0.05, 0) is 48.8 Å². The third-order valence-electron chi connectivity index (χ3n) is 4.52. The third-order valence-corrected chi connectivity index (χ3v) is 6.99. The van der Waals surface area contributed by atoms with E-state index in [1.54, 1.807) is 11.3 Å². The van der Waals surface area contributed by atoms with Gasteiger partial charge >= 0.3 is 0 Å². The van der Waals surface area contributed by atoms with E-state index in [1.165, 1.54) is 5.56 Å². The van der Waals surface area contributed by atoms with Crippen molar-refractivity contribution in [3.63, 3.8) is 0 Å². The lowest BCUT2D eigenvalue weighted by molar-refractivity contribution is 0.224. The number of sulfone groups is 1. The van der Waals surface area contributed by atoms with Crippen LogP contribution in [-0.4, -0.2) is 63.0 Å². The molecule has 8 heteroatoms. The van der Waals surface area contributed by atoms with Crippen LogP contribution in [0.3, 0.4) is 0 Å². The predicted octanol–water partition coefficient (Wildman–Crippen LogP) is 1.87. The summed E-state index contributed by atoms with van der Waals surface area (Å²) in [6, 6.07) is 2.35. The van der Waals surface area contributed by atoms with Gasteiger partial charge in [-0.3, -0.25) is 9.89 Å². The Balaban J connectivity index is 2.08. The molecule has 0 aliphatic carbocycles. The lowest BCUT2D eigenvalue weighted by Gasteiger charge is -2.28. The Morgan fingerprint density at radius 1 is 1.40 bits per heavy atom. The van der Waals surface area contributed by atoms with Crippen molar-refractivity contribution >= 4 is 27.1 Å². The van der Waals surface area contributed by atoms with Crippen LogP contribution < -0.4 is 10.6 Å². The second-order valence-electron chi connectivity index (χ2n) is 6.26. The maximum atomic E-state index is 11.7. The standard InChI is InChI=1S/C17H30N4O2S2/c1-4-18-17(20-15-8-10-25(22,23)13-15)19-11-16(21(5-2)6-3)14-7-9-24-12-14/h7,9,12,15-16H,4-6,8,10-11,13H2,1-3H3,(H2,18,19,20). The van der Waals surface area contributed by atoms with Crippen molar-refractivity contribution in [2.75, 3.05) is 37.7 Å². The summed E-state index contributed by atoms with van der Waals surface area (Å²) in [5, 5.41) is 10.8. The molecule has 2 N–H and O–H groups in total. The highest BCUT2D eigenvalue weighted by molar-refractivity contribution is 7.91. The molecule has 0 amide bonds. The third kappa shape index (κ3) is 5.97. The van der Waals surface area contributed by atoms with E-state index in [-0.39, 0.29) is 23.6 Å². The van der Waals surface area contributed by atoms with Gasteiger partial charge in [-0.2, -0.15) is 11.3 Å². The second kappa shape index (κ2) is 9.54. The van der Waals surface area contributed by atoms with Crippen LogP contribution in [0.15, 0.2) is 21.8 Å². The largest absolute Gasteiger partial charge is 0.357 e. The van der Waals surface area contributed by atoms with Crippen LogP contribution in [0, 0.1) is 0 Å². The average Bonchev–Trinajstić information content (AvgIpc) is 3.21. The van der Waals surface area contributed by atoms with E-state index in [2.05, 4.69) is 46.2 Å². The van der Waals surface area contributed by atoms with Gasteiger partial charge in [0.05, 0.1) is 24.1 Å². The van der Waals surface area contributed by atoms with Crippen LogP contribution in [0.4, 0.5) is 0 Å². The number of aliphatic imine (C=N–C) groups is 1. The van der Waals surface area contributed by atoms with Gasteiger partial charge in [0.15, 0.2) is 15.8 Å². The Bertz CT molecular complexity index is 640. The van der Waals surface area contributed by atoms with Crippen LogP contribution in [0.2, 0.25) is 0 Å². The second-order valence-corrected chi connectivity index (χ2v) is 9.27. The first kappa shape index (κ1) is 20.2. The van der Waals surface area contributed by atoms with Crippen LogP contribution in [0.1, 0.15) is 38.8 Å². The maximum Gasteiger partial charge on any atom is 0.191 e. The lowest BCUT2D eigenvalue weighted by atomic mass is 10.1. The highest BCUT2D eigenvalue weighted by Gasteiger charge is 2.28. The van der Waals surface area contributed by atoms with Crippen LogP contribution >= 0.6 is 11.3 Å². The summed E-state index contributed by atoms with van der Waals surface area (Å²) in [5.41, 5.74) is 1.29. The predicted molar refractivity (Wildman–Crippen MR) is 106 cm³/mol. The summed E-state index contributed by atoms with van der Waals surface area (Å²) in [7, 11) is -2.90. The number of nitrogens with zero attached hydrogens (tertiary/aromatic N) is 2. The summed E-state index contributed by atoms with van der Waals surface area (Å²) in [6.45, 7) is 9.68. The van der Waals surface area contributed by atoms with E-state index in [4.69, 9.17) is 4.99 Å². The molecule has 0 saturated carbocycles. The van der Waals surface area contributed by atoms with Crippen molar-refractivity contribution in [2.45, 2.75) is 39.3 Å². The van der Waals surface area contributed by atoms with Crippen molar-refractivity contribution in [3.05, 3.63) is 22.4 Å². The number of nitrogens with one attached hydrogen (secondary N) is 2. The van der Waals surface area contributed by atoms with Gasteiger partial charge in [-0.1, -0.05) is 13.8 Å². The molecule has 2 unspecified atom stereocenters. The fourth-order valence-electron chi connectivity index (χ4n) is 3.16. The minimum Gasteiger partial charge on any atom is -0.357 e. The van der Waals surface area contributed by atoms with Gasteiger partial charge in [0.25, 0.3) is 0 Å². The highest BCUT2D eigenvalue weighted by Crippen LogP contribution is 2.23. The first-order valence-electron chi connectivity index (χ1n) is 9.00. The van der Waals surface area contributed by atoms with E-state index in [1.807, 2.05) is 6.92 Å². The zero-order valence-electron chi connectivity index (χ0n) is 15.4.